The van der Waals surface area contributed by atoms with Gasteiger partial charge in [0.25, 0.3) is 11.6 Å². The van der Waals surface area contributed by atoms with Crippen molar-refractivity contribution in [3.05, 3.63) is 46.1 Å². The smallest absolute Gasteiger partial charge is 0.362 e. The second-order valence-corrected chi connectivity index (χ2v) is 6.45. The Morgan fingerprint density at radius 3 is 2.74 bits per heavy atom. The molecule has 2 N–H and O–H groups in total. The summed E-state index contributed by atoms with van der Waals surface area (Å²) in [5.74, 6) is -2.13. The number of fused-ring (bicyclic) bond motifs is 1. The maximum Gasteiger partial charge on any atom is 0.439 e. The van der Waals surface area contributed by atoms with E-state index in [1.807, 2.05) is 0 Å². The van der Waals surface area contributed by atoms with Gasteiger partial charge in [-0.2, -0.15) is 13.2 Å². The van der Waals surface area contributed by atoms with E-state index in [9.17, 15) is 23.1 Å². The van der Waals surface area contributed by atoms with Crippen LogP contribution in [0.25, 0.3) is 0 Å². The van der Waals surface area contributed by atoms with Crippen LogP contribution in [0.1, 0.15) is 29.6 Å². The van der Waals surface area contributed by atoms with Crippen molar-refractivity contribution in [2.75, 3.05) is 0 Å². The van der Waals surface area contributed by atoms with Gasteiger partial charge in [0.1, 0.15) is 0 Å². The fourth-order valence-electron chi connectivity index (χ4n) is 3.07. The molecule has 2 aliphatic rings. The van der Waals surface area contributed by atoms with Crippen LogP contribution in [0.3, 0.4) is 0 Å². The normalized spacial score (nSPS) is 27.3. The summed E-state index contributed by atoms with van der Waals surface area (Å²) in [4.78, 5) is 12.6. The fraction of sp³-hybridized carbons (Fsp3) is 0.400. The third-order valence-corrected chi connectivity index (χ3v) is 4.92. The van der Waals surface area contributed by atoms with Crippen molar-refractivity contribution in [1.82, 2.24) is 10.4 Å². The van der Waals surface area contributed by atoms with E-state index in [2.05, 4.69) is 21.4 Å². The van der Waals surface area contributed by atoms with Gasteiger partial charge in [0.2, 0.25) is 0 Å². The van der Waals surface area contributed by atoms with E-state index in [0.717, 1.165) is 0 Å². The van der Waals surface area contributed by atoms with Crippen LogP contribution >= 0.6 is 15.9 Å². The van der Waals surface area contributed by atoms with E-state index in [4.69, 9.17) is 0 Å². The molecule has 1 fully saturated rings. The molecular weight excluding hydrogens is 377 g/mol. The molecule has 3 rings (SSSR count). The number of hydrogen-bond donors (Lipinski definition) is 2. The van der Waals surface area contributed by atoms with Crippen LogP contribution in [0.2, 0.25) is 0 Å². The van der Waals surface area contributed by atoms with Gasteiger partial charge >= 0.3 is 6.18 Å². The molecule has 0 saturated carbocycles. The Kier molecular flexibility index (Phi) is 3.92. The predicted molar refractivity (Wildman–Crippen MR) is 79.9 cm³/mol. The Balaban J connectivity index is 2.07. The number of allylic oxidation sites excluding steroid dienone is 1. The van der Waals surface area contributed by atoms with Crippen molar-refractivity contribution in [2.45, 2.75) is 31.2 Å². The molecule has 1 amide bonds. The Bertz CT molecular complexity index is 677. The van der Waals surface area contributed by atoms with Crippen LogP contribution in [0.4, 0.5) is 13.2 Å². The molecule has 1 aromatic rings. The first-order valence-electron chi connectivity index (χ1n) is 7.11. The van der Waals surface area contributed by atoms with E-state index in [0.29, 0.717) is 22.3 Å². The molecule has 0 spiro atoms. The number of halogens is 4. The molecule has 0 aromatic heterocycles. The van der Waals surface area contributed by atoms with Gasteiger partial charge in [-0.1, -0.05) is 18.2 Å². The van der Waals surface area contributed by atoms with Crippen LogP contribution in [-0.4, -0.2) is 27.9 Å². The highest BCUT2D eigenvalue weighted by atomic mass is 79.9. The average Bonchev–Trinajstić information content (AvgIpc) is 2.82. The van der Waals surface area contributed by atoms with Crippen LogP contribution < -0.4 is 5.43 Å². The zero-order valence-electron chi connectivity index (χ0n) is 11.9. The van der Waals surface area contributed by atoms with Crippen molar-refractivity contribution in [2.24, 2.45) is 5.92 Å². The first kappa shape index (κ1) is 16.3. The molecular formula is C15H14BrF3N2O2. The van der Waals surface area contributed by atoms with Gasteiger partial charge in [0.15, 0.2) is 0 Å². The summed E-state index contributed by atoms with van der Waals surface area (Å²) in [5, 5.41) is 10.8. The zero-order chi connectivity index (χ0) is 16.8. The summed E-state index contributed by atoms with van der Waals surface area (Å²) in [6, 6.07) is 6.16. The number of hydrazine groups is 1. The van der Waals surface area contributed by atoms with Crippen molar-refractivity contribution < 1.29 is 23.1 Å². The Labute approximate surface area is 139 Å². The third kappa shape index (κ3) is 2.44. The lowest BCUT2D eigenvalue weighted by atomic mass is 9.84. The number of aliphatic hydroxyl groups is 1. The topological polar surface area (TPSA) is 52.6 Å². The number of benzene rings is 1. The molecule has 1 aliphatic heterocycles. The Morgan fingerprint density at radius 2 is 2.09 bits per heavy atom. The molecule has 1 heterocycles. The summed E-state index contributed by atoms with van der Waals surface area (Å²) in [7, 11) is 0. The summed E-state index contributed by atoms with van der Waals surface area (Å²) in [5.41, 5.74) is -0.499. The molecule has 1 aromatic carbocycles. The number of carbonyl (C=O) groups is 1. The first-order chi connectivity index (χ1) is 10.8. The zero-order valence-corrected chi connectivity index (χ0v) is 13.5. The van der Waals surface area contributed by atoms with E-state index >= 15 is 0 Å². The number of amides is 1. The van der Waals surface area contributed by atoms with Gasteiger partial charge < -0.3 is 5.11 Å². The number of nitrogens with zero attached hydrogens (tertiary/aromatic N) is 1. The highest BCUT2D eigenvalue weighted by Crippen LogP contribution is 2.49. The second kappa shape index (κ2) is 5.52. The fourth-order valence-corrected chi connectivity index (χ4v) is 3.53. The second-order valence-electron chi connectivity index (χ2n) is 5.60. The van der Waals surface area contributed by atoms with Crippen molar-refractivity contribution in [3.8, 4) is 0 Å². The van der Waals surface area contributed by atoms with Crippen LogP contribution in [0.5, 0.6) is 0 Å². The van der Waals surface area contributed by atoms with Gasteiger partial charge in [-0.3, -0.25) is 10.2 Å². The quantitative estimate of drug-likeness (QED) is 0.772. The molecule has 0 radical (unpaired) electrons. The lowest BCUT2D eigenvalue weighted by Gasteiger charge is -2.37. The number of alkyl halides is 3. The molecule has 4 nitrogen and oxygen atoms in total. The minimum absolute atomic E-state index is 0.0434. The summed E-state index contributed by atoms with van der Waals surface area (Å²) in [6.07, 6.45) is -2.06. The lowest BCUT2D eigenvalue weighted by Crippen LogP contribution is -2.62. The van der Waals surface area contributed by atoms with Crippen LogP contribution in [-0.2, 0) is 0 Å². The maximum atomic E-state index is 13.6. The SMILES string of the molecule is O=C(c1ccccc1Br)N1NC2=CCCC[C@@H]2[C@]1(O)C(F)(F)F. The van der Waals surface area contributed by atoms with E-state index in [-0.39, 0.29) is 17.7 Å². The van der Waals surface area contributed by atoms with E-state index < -0.39 is 23.7 Å². The van der Waals surface area contributed by atoms with Crippen molar-refractivity contribution in [1.29, 1.82) is 0 Å². The molecule has 124 valence electrons. The van der Waals surface area contributed by atoms with Gasteiger partial charge in [0.05, 0.1) is 11.5 Å². The number of rotatable bonds is 1. The number of hydrogen-bond acceptors (Lipinski definition) is 3. The molecule has 0 bridgehead atoms. The maximum absolute atomic E-state index is 13.6. The predicted octanol–water partition coefficient (Wildman–Crippen LogP) is 3.34. The average molecular weight is 391 g/mol. The van der Waals surface area contributed by atoms with Crippen molar-refractivity contribution in [3.63, 3.8) is 0 Å². The monoisotopic (exact) mass is 390 g/mol. The number of nitrogens with one attached hydrogen (secondary N) is 1. The third-order valence-electron chi connectivity index (χ3n) is 4.23. The minimum Gasteiger partial charge on any atom is -0.362 e. The molecule has 0 unspecified atom stereocenters. The Hall–Kier alpha value is -1.54. The number of carbonyl (C=O) groups excluding carboxylic acids is 1. The van der Waals surface area contributed by atoms with Crippen LogP contribution in [0, 0.1) is 5.92 Å². The molecule has 1 aliphatic carbocycles. The standard InChI is InChI=1S/C15H14BrF3N2O2/c16-11-7-3-1-5-9(11)13(22)21-14(23,15(17,18)19)10-6-2-4-8-12(10)20-21/h1,3,5,7-8,10,20,23H,2,4,6H2/t10-,14-/m0/s1. The molecule has 8 heteroatoms. The van der Waals surface area contributed by atoms with Crippen LogP contribution in [0.15, 0.2) is 40.5 Å². The largest absolute Gasteiger partial charge is 0.439 e. The first-order valence-corrected chi connectivity index (χ1v) is 7.91. The van der Waals surface area contributed by atoms with Crippen molar-refractivity contribution >= 4 is 21.8 Å². The van der Waals surface area contributed by atoms with Gasteiger partial charge in [-0.05, 0) is 47.3 Å². The van der Waals surface area contributed by atoms with Gasteiger partial charge in [-0.25, -0.2) is 5.01 Å². The summed E-state index contributed by atoms with van der Waals surface area (Å²) < 4.78 is 41.2. The molecule has 2 atom stereocenters. The summed E-state index contributed by atoms with van der Waals surface area (Å²) in [6.45, 7) is 0. The van der Waals surface area contributed by atoms with Gasteiger partial charge in [-0.15, -0.1) is 0 Å². The summed E-state index contributed by atoms with van der Waals surface area (Å²) >= 11 is 3.16. The Morgan fingerprint density at radius 1 is 1.39 bits per heavy atom. The van der Waals surface area contributed by atoms with E-state index in [1.54, 1.807) is 24.3 Å². The molecule has 1 saturated heterocycles. The highest BCUT2D eigenvalue weighted by Gasteiger charge is 2.68. The highest BCUT2D eigenvalue weighted by molar-refractivity contribution is 9.10. The lowest BCUT2D eigenvalue weighted by molar-refractivity contribution is -0.314. The van der Waals surface area contributed by atoms with E-state index in [1.165, 1.54) is 6.07 Å². The minimum atomic E-state index is -4.98. The molecule has 23 heavy (non-hydrogen) atoms. The van der Waals surface area contributed by atoms with Gasteiger partial charge in [0, 0.05) is 10.2 Å².